The zero-order chi connectivity index (χ0) is 15.4. The number of amides is 2. The predicted molar refractivity (Wildman–Crippen MR) is 62.7 cm³/mol. The minimum atomic E-state index is -4.63. The average molecular weight is 284 g/mol. The summed E-state index contributed by atoms with van der Waals surface area (Å²) >= 11 is 0. The molecule has 19 heavy (non-hydrogen) atoms. The molecule has 112 valence electrons. The Morgan fingerprint density at radius 2 is 1.58 bits per heavy atom. The molecule has 0 aromatic carbocycles. The third-order valence-electron chi connectivity index (χ3n) is 2.00. The Kier molecular flexibility index (Phi) is 5.64. The van der Waals surface area contributed by atoms with E-state index in [-0.39, 0.29) is 16.9 Å². The number of hydrogen-bond donors (Lipinski definition) is 1. The van der Waals surface area contributed by atoms with Crippen molar-refractivity contribution in [2.24, 2.45) is 5.41 Å². The van der Waals surface area contributed by atoms with Crippen molar-refractivity contribution in [3.63, 3.8) is 0 Å². The first-order valence-electron chi connectivity index (χ1n) is 5.60. The molecule has 0 spiro atoms. The van der Waals surface area contributed by atoms with Gasteiger partial charge in [0.25, 0.3) is 0 Å². The molecule has 5 nitrogen and oxygen atoms in total. The quantitative estimate of drug-likeness (QED) is 0.859. The van der Waals surface area contributed by atoms with Gasteiger partial charge in [0.1, 0.15) is 13.1 Å². The van der Waals surface area contributed by atoms with Crippen molar-refractivity contribution >= 4 is 12.0 Å². The van der Waals surface area contributed by atoms with Gasteiger partial charge in [0, 0.05) is 13.6 Å². The van der Waals surface area contributed by atoms with Crippen LogP contribution in [0.25, 0.3) is 0 Å². The number of carbonyl (C=O) groups is 2. The fourth-order valence-corrected chi connectivity index (χ4v) is 1.59. The van der Waals surface area contributed by atoms with Crippen LogP contribution in [0.3, 0.4) is 0 Å². The van der Waals surface area contributed by atoms with E-state index in [9.17, 15) is 22.8 Å². The molecule has 0 radical (unpaired) electrons. The Balaban J connectivity index is 4.85. The summed E-state index contributed by atoms with van der Waals surface area (Å²) in [5.74, 6) is -1.48. The van der Waals surface area contributed by atoms with Gasteiger partial charge in [-0.15, -0.1) is 0 Å². The molecule has 0 aromatic rings. The van der Waals surface area contributed by atoms with Crippen LogP contribution < -0.4 is 0 Å². The fourth-order valence-electron chi connectivity index (χ4n) is 1.59. The summed E-state index contributed by atoms with van der Waals surface area (Å²) < 4.78 is 36.9. The van der Waals surface area contributed by atoms with Crippen LogP contribution in [0.4, 0.5) is 18.0 Å². The maximum absolute atomic E-state index is 12.3. The Labute approximate surface area is 110 Å². The summed E-state index contributed by atoms with van der Waals surface area (Å²) in [6.07, 6.45) is -4.63. The highest BCUT2D eigenvalue weighted by molar-refractivity contribution is 5.80. The lowest BCUT2D eigenvalue weighted by molar-refractivity contribution is -0.149. The zero-order valence-electron chi connectivity index (χ0n) is 11.4. The number of carboxylic acids is 1. The van der Waals surface area contributed by atoms with Crippen LogP contribution in [0, 0.1) is 5.41 Å². The molecule has 1 N–H and O–H groups in total. The fraction of sp³-hybridized carbons (Fsp3) is 0.818. The second kappa shape index (κ2) is 6.12. The standard InChI is InChI=1S/C11H19F3N2O3/c1-10(2,3)6-15(4)9(19)16(5-8(17)18)7-11(12,13)14/h5-7H2,1-4H3,(H,17,18). The number of carboxylic acid groups (broad SMARTS) is 1. The van der Waals surface area contributed by atoms with Gasteiger partial charge in [0.2, 0.25) is 0 Å². The number of hydrogen-bond acceptors (Lipinski definition) is 2. The Bertz CT molecular complexity index is 337. The van der Waals surface area contributed by atoms with Crippen molar-refractivity contribution in [2.75, 3.05) is 26.7 Å². The number of aliphatic carboxylic acids is 1. The lowest BCUT2D eigenvalue weighted by Gasteiger charge is -2.31. The lowest BCUT2D eigenvalue weighted by atomic mass is 9.96. The molecule has 0 rings (SSSR count). The van der Waals surface area contributed by atoms with E-state index in [1.807, 2.05) is 20.8 Å². The number of alkyl halides is 3. The molecule has 8 heteroatoms. The topological polar surface area (TPSA) is 60.9 Å². The molecule has 0 unspecified atom stereocenters. The molecule has 2 amide bonds. The Hall–Kier alpha value is -1.47. The second-order valence-corrected chi connectivity index (χ2v) is 5.56. The van der Waals surface area contributed by atoms with Crippen LogP contribution in [0.5, 0.6) is 0 Å². The zero-order valence-corrected chi connectivity index (χ0v) is 11.4. The summed E-state index contributed by atoms with van der Waals surface area (Å²) in [4.78, 5) is 23.7. The molecule has 0 aliphatic rings. The van der Waals surface area contributed by atoms with Crippen molar-refractivity contribution in [3.05, 3.63) is 0 Å². The molecular weight excluding hydrogens is 265 g/mol. The summed E-state index contributed by atoms with van der Waals surface area (Å²) in [6, 6.07) is -0.949. The van der Waals surface area contributed by atoms with Crippen LogP contribution in [0.1, 0.15) is 20.8 Å². The van der Waals surface area contributed by atoms with Gasteiger partial charge in [0.15, 0.2) is 0 Å². The van der Waals surface area contributed by atoms with Gasteiger partial charge in [-0.25, -0.2) is 4.79 Å². The van der Waals surface area contributed by atoms with Crippen molar-refractivity contribution in [2.45, 2.75) is 26.9 Å². The van der Waals surface area contributed by atoms with Gasteiger partial charge < -0.3 is 14.9 Å². The summed E-state index contributed by atoms with van der Waals surface area (Å²) in [6.45, 7) is 3.13. The second-order valence-electron chi connectivity index (χ2n) is 5.56. The summed E-state index contributed by atoms with van der Waals surface area (Å²) in [5.41, 5.74) is -0.294. The molecule has 0 saturated heterocycles. The highest BCUT2D eigenvalue weighted by Crippen LogP contribution is 2.19. The van der Waals surface area contributed by atoms with Crippen molar-refractivity contribution in [3.8, 4) is 0 Å². The maximum Gasteiger partial charge on any atom is 0.406 e. The number of urea groups is 1. The van der Waals surface area contributed by atoms with E-state index in [1.165, 1.54) is 7.05 Å². The highest BCUT2D eigenvalue weighted by Gasteiger charge is 2.35. The van der Waals surface area contributed by atoms with E-state index in [1.54, 1.807) is 0 Å². The van der Waals surface area contributed by atoms with E-state index < -0.39 is 31.3 Å². The lowest BCUT2D eigenvalue weighted by Crippen LogP contribution is -2.49. The number of carbonyl (C=O) groups excluding carboxylic acids is 1. The third-order valence-corrected chi connectivity index (χ3v) is 2.00. The molecule has 0 atom stereocenters. The van der Waals surface area contributed by atoms with Crippen LogP contribution >= 0.6 is 0 Å². The Morgan fingerprint density at radius 3 is 1.89 bits per heavy atom. The molecule has 0 aromatic heterocycles. The predicted octanol–water partition coefficient (Wildman–Crippen LogP) is 2.03. The maximum atomic E-state index is 12.3. The van der Waals surface area contributed by atoms with Crippen LogP contribution in [0.15, 0.2) is 0 Å². The number of halogens is 3. The first-order chi connectivity index (χ1) is 8.32. The Morgan fingerprint density at radius 1 is 1.11 bits per heavy atom. The van der Waals surface area contributed by atoms with Gasteiger partial charge in [-0.2, -0.15) is 13.2 Å². The van der Waals surface area contributed by atoms with Gasteiger partial charge in [0.05, 0.1) is 0 Å². The largest absolute Gasteiger partial charge is 0.480 e. The van der Waals surface area contributed by atoms with Crippen LogP contribution in [-0.2, 0) is 4.79 Å². The minimum absolute atomic E-state index is 0.222. The first kappa shape index (κ1) is 17.5. The average Bonchev–Trinajstić information content (AvgIpc) is 2.09. The molecule has 0 saturated carbocycles. The summed E-state index contributed by atoms with van der Waals surface area (Å²) in [7, 11) is 1.35. The number of rotatable bonds is 4. The van der Waals surface area contributed by atoms with E-state index in [2.05, 4.69) is 0 Å². The molecule has 0 aliphatic heterocycles. The summed E-state index contributed by atoms with van der Waals surface area (Å²) in [5, 5.41) is 8.56. The monoisotopic (exact) mass is 284 g/mol. The molecule has 0 heterocycles. The van der Waals surface area contributed by atoms with Crippen molar-refractivity contribution in [1.29, 1.82) is 0 Å². The molecular formula is C11H19F3N2O3. The highest BCUT2D eigenvalue weighted by atomic mass is 19.4. The van der Waals surface area contributed by atoms with Crippen LogP contribution in [0.2, 0.25) is 0 Å². The SMILES string of the molecule is CN(CC(C)(C)C)C(=O)N(CC(=O)O)CC(F)(F)F. The van der Waals surface area contributed by atoms with Crippen molar-refractivity contribution in [1.82, 2.24) is 9.80 Å². The molecule has 0 bridgehead atoms. The van der Waals surface area contributed by atoms with E-state index in [4.69, 9.17) is 5.11 Å². The van der Waals surface area contributed by atoms with Gasteiger partial charge >= 0.3 is 18.2 Å². The first-order valence-corrected chi connectivity index (χ1v) is 5.60. The number of nitrogens with zero attached hydrogens (tertiary/aromatic N) is 2. The normalized spacial score (nSPS) is 12.2. The van der Waals surface area contributed by atoms with Crippen molar-refractivity contribution < 1.29 is 27.9 Å². The van der Waals surface area contributed by atoms with Gasteiger partial charge in [-0.1, -0.05) is 20.8 Å². The van der Waals surface area contributed by atoms with E-state index >= 15 is 0 Å². The smallest absolute Gasteiger partial charge is 0.406 e. The third kappa shape index (κ3) is 8.28. The minimum Gasteiger partial charge on any atom is -0.480 e. The van der Waals surface area contributed by atoms with Crippen LogP contribution in [-0.4, -0.2) is 59.8 Å². The van der Waals surface area contributed by atoms with E-state index in [0.29, 0.717) is 0 Å². The van der Waals surface area contributed by atoms with E-state index in [0.717, 1.165) is 4.90 Å². The molecule has 0 fully saturated rings. The van der Waals surface area contributed by atoms with Gasteiger partial charge in [-0.05, 0) is 5.41 Å². The molecule has 0 aliphatic carbocycles. The van der Waals surface area contributed by atoms with Gasteiger partial charge in [-0.3, -0.25) is 4.79 Å².